The molecule has 0 aliphatic heterocycles. The molecule has 2 amide bonds. The Kier molecular flexibility index (Phi) is 20.9. The molecule has 1 unspecified atom stereocenters. The predicted octanol–water partition coefficient (Wildman–Crippen LogP) is 1.12. The van der Waals surface area contributed by atoms with Gasteiger partial charge < -0.3 is 30.0 Å². The third-order valence-corrected chi connectivity index (χ3v) is 3.08. The maximum Gasteiger partial charge on any atom is 0.240 e. The van der Waals surface area contributed by atoms with Gasteiger partial charge in [-0.3, -0.25) is 9.59 Å². The van der Waals surface area contributed by atoms with Crippen LogP contribution in [0.2, 0.25) is 0 Å². The summed E-state index contributed by atoms with van der Waals surface area (Å²) in [5, 5.41) is 2.60. The normalized spacial score (nSPS) is 11.6. The number of primary amides is 1. The summed E-state index contributed by atoms with van der Waals surface area (Å²) in [5.74, 6) is -0.830. The second-order valence-electron chi connectivity index (χ2n) is 5.48. The smallest absolute Gasteiger partial charge is 0.240 e. The Labute approximate surface area is 158 Å². The zero-order valence-electron chi connectivity index (χ0n) is 17.0. The summed E-state index contributed by atoms with van der Waals surface area (Å²) >= 11 is 0. The Morgan fingerprint density at radius 3 is 1.65 bits per heavy atom. The van der Waals surface area contributed by atoms with Crippen LogP contribution >= 0.6 is 0 Å². The first-order valence-electron chi connectivity index (χ1n) is 9.38. The molecule has 156 valence electrons. The maximum atomic E-state index is 11.7. The zero-order valence-corrected chi connectivity index (χ0v) is 17.0. The van der Waals surface area contributed by atoms with Gasteiger partial charge in [-0.15, -0.1) is 0 Å². The number of hydrogen-bond donors (Lipinski definition) is 2. The summed E-state index contributed by atoms with van der Waals surface area (Å²) < 4.78 is 21.0. The van der Waals surface area contributed by atoms with Crippen LogP contribution in [-0.4, -0.2) is 70.7 Å². The molecule has 0 spiro atoms. The largest absolute Gasteiger partial charge is 0.379 e. The topological polar surface area (TPSA) is 109 Å². The molecule has 1 atom stereocenters. The third-order valence-electron chi connectivity index (χ3n) is 3.08. The molecule has 0 aliphatic carbocycles. The number of nitrogens with one attached hydrogen (secondary N) is 1. The van der Waals surface area contributed by atoms with E-state index in [1.54, 1.807) is 0 Å². The molecule has 0 aromatic rings. The van der Waals surface area contributed by atoms with Crippen LogP contribution in [-0.2, 0) is 28.5 Å². The zero-order chi connectivity index (χ0) is 20.2. The highest BCUT2D eigenvalue weighted by Gasteiger charge is 2.21. The van der Waals surface area contributed by atoms with Gasteiger partial charge >= 0.3 is 0 Å². The van der Waals surface area contributed by atoms with Gasteiger partial charge in [-0.2, -0.15) is 0 Å². The molecule has 0 saturated carbocycles. The second kappa shape index (κ2) is 20.1. The average molecular weight is 379 g/mol. The number of amides is 2. The summed E-state index contributed by atoms with van der Waals surface area (Å²) in [4.78, 5) is 22.9. The molecule has 8 nitrogen and oxygen atoms in total. The van der Waals surface area contributed by atoms with Gasteiger partial charge in [-0.05, 0) is 12.8 Å². The lowest BCUT2D eigenvalue weighted by Gasteiger charge is -2.18. The van der Waals surface area contributed by atoms with Gasteiger partial charge in [0.15, 0.2) is 0 Å². The van der Waals surface area contributed by atoms with Crippen molar-refractivity contribution in [3.05, 3.63) is 0 Å². The summed E-state index contributed by atoms with van der Waals surface area (Å²) in [6.07, 6.45) is 0.178. The van der Waals surface area contributed by atoms with Crippen molar-refractivity contribution >= 4 is 11.8 Å². The van der Waals surface area contributed by atoms with Crippen LogP contribution in [0.15, 0.2) is 0 Å². The minimum atomic E-state index is -0.649. The molecule has 0 aromatic heterocycles. The molecule has 3 N–H and O–H groups in total. The van der Waals surface area contributed by atoms with Crippen molar-refractivity contribution in [1.29, 1.82) is 0 Å². The van der Waals surface area contributed by atoms with E-state index in [0.717, 1.165) is 0 Å². The van der Waals surface area contributed by atoms with E-state index in [2.05, 4.69) is 5.32 Å². The summed E-state index contributed by atoms with van der Waals surface area (Å²) in [7, 11) is 0. The molecule has 0 bridgehead atoms. The van der Waals surface area contributed by atoms with Crippen molar-refractivity contribution in [3.63, 3.8) is 0 Å². The fourth-order valence-corrected chi connectivity index (χ4v) is 1.78. The third kappa shape index (κ3) is 17.6. The van der Waals surface area contributed by atoms with E-state index < -0.39 is 11.9 Å². The van der Waals surface area contributed by atoms with Crippen molar-refractivity contribution in [3.8, 4) is 0 Å². The molecule has 0 aliphatic rings. The van der Waals surface area contributed by atoms with Gasteiger partial charge in [0.1, 0.15) is 6.04 Å². The lowest BCUT2D eigenvalue weighted by molar-refractivity contribution is -0.129. The summed E-state index contributed by atoms with van der Waals surface area (Å²) in [5.41, 5.74) is 5.24. The Morgan fingerprint density at radius 2 is 1.27 bits per heavy atom. The highest BCUT2D eigenvalue weighted by Crippen LogP contribution is 2.01. The minimum Gasteiger partial charge on any atom is -0.379 e. The van der Waals surface area contributed by atoms with E-state index in [-0.39, 0.29) is 24.9 Å². The molecule has 0 fully saturated rings. The van der Waals surface area contributed by atoms with Gasteiger partial charge in [-0.1, -0.05) is 27.7 Å². The minimum absolute atomic E-state index is 0.0449. The lowest BCUT2D eigenvalue weighted by Crippen LogP contribution is -2.47. The first kappa shape index (κ1) is 27.0. The predicted molar refractivity (Wildman–Crippen MR) is 101 cm³/mol. The molecule has 0 rings (SSSR count). The second-order valence-corrected chi connectivity index (χ2v) is 5.48. The molecule has 0 radical (unpaired) electrons. The molecular weight excluding hydrogens is 340 g/mol. The molecule has 0 heterocycles. The molecule has 0 aromatic carbocycles. The number of rotatable bonds is 16. The Morgan fingerprint density at radius 1 is 0.846 bits per heavy atom. The monoisotopic (exact) mass is 378 g/mol. The number of carbonyl (C=O) groups excluding carboxylic acids is 2. The quantitative estimate of drug-likeness (QED) is 0.390. The fraction of sp³-hybridized carbons (Fsp3) is 0.889. The Balaban J connectivity index is 0. The molecule has 8 heteroatoms. The first-order chi connectivity index (χ1) is 12.5. The van der Waals surface area contributed by atoms with E-state index in [0.29, 0.717) is 46.2 Å². The number of ether oxygens (including phenoxy) is 4. The Hall–Kier alpha value is -1.22. The van der Waals surface area contributed by atoms with Crippen LogP contribution < -0.4 is 11.1 Å². The standard InChI is InChI=1S/C16H32N2O6.C2H6/c1-4-21-7-8-23-11-12-24-10-9-22-6-5-14(19)18-15(13(2)3)16(17)20;1-2/h13,15H,4-12H2,1-3H3,(H2,17,20)(H,18,19);1-2H3. The lowest BCUT2D eigenvalue weighted by atomic mass is 10.0. The van der Waals surface area contributed by atoms with Crippen LogP contribution in [0.25, 0.3) is 0 Å². The van der Waals surface area contributed by atoms with E-state index in [9.17, 15) is 9.59 Å². The van der Waals surface area contributed by atoms with Crippen LogP contribution in [0.5, 0.6) is 0 Å². The van der Waals surface area contributed by atoms with E-state index in [1.165, 1.54) is 0 Å². The van der Waals surface area contributed by atoms with E-state index in [1.807, 2.05) is 34.6 Å². The van der Waals surface area contributed by atoms with Crippen LogP contribution in [0.1, 0.15) is 41.0 Å². The SMILES string of the molecule is CC.CCOCCOCCOCCOCCC(=O)NC(C(N)=O)C(C)C. The van der Waals surface area contributed by atoms with Crippen molar-refractivity contribution in [2.24, 2.45) is 11.7 Å². The van der Waals surface area contributed by atoms with Crippen molar-refractivity contribution in [2.45, 2.75) is 47.1 Å². The molecular formula is C18H38N2O6. The fourth-order valence-electron chi connectivity index (χ4n) is 1.78. The van der Waals surface area contributed by atoms with Gasteiger partial charge in [0, 0.05) is 13.0 Å². The summed E-state index contributed by atoms with van der Waals surface area (Å²) in [6, 6.07) is -0.649. The van der Waals surface area contributed by atoms with Crippen molar-refractivity contribution in [1.82, 2.24) is 5.32 Å². The van der Waals surface area contributed by atoms with Crippen LogP contribution in [0, 0.1) is 5.92 Å². The van der Waals surface area contributed by atoms with Crippen molar-refractivity contribution < 1.29 is 28.5 Å². The molecule has 0 saturated heterocycles. The van der Waals surface area contributed by atoms with Gasteiger partial charge in [0.05, 0.1) is 46.2 Å². The highest BCUT2D eigenvalue weighted by molar-refractivity contribution is 5.86. The Bertz CT molecular complexity index is 340. The van der Waals surface area contributed by atoms with E-state index in [4.69, 9.17) is 24.7 Å². The first-order valence-corrected chi connectivity index (χ1v) is 9.38. The van der Waals surface area contributed by atoms with Gasteiger partial charge in [0.25, 0.3) is 0 Å². The number of nitrogens with two attached hydrogens (primary N) is 1. The number of hydrogen-bond acceptors (Lipinski definition) is 6. The van der Waals surface area contributed by atoms with Gasteiger partial charge in [0.2, 0.25) is 11.8 Å². The van der Waals surface area contributed by atoms with Gasteiger partial charge in [-0.25, -0.2) is 0 Å². The maximum absolute atomic E-state index is 11.7. The average Bonchev–Trinajstić information content (AvgIpc) is 2.61. The number of carbonyl (C=O) groups is 2. The summed E-state index contributed by atoms with van der Waals surface area (Å²) in [6.45, 7) is 13.5. The molecule has 26 heavy (non-hydrogen) atoms. The highest BCUT2D eigenvalue weighted by atomic mass is 16.6. The van der Waals surface area contributed by atoms with Crippen LogP contribution in [0.4, 0.5) is 0 Å². The van der Waals surface area contributed by atoms with Crippen molar-refractivity contribution in [2.75, 3.05) is 52.9 Å². The van der Waals surface area contributed by atoms with E-state index >= 15 is 0 Å². The van der Waals surface area contributed by atoms with Crippen LogP contribution in [0.3, 0.4) is 0 Å².